The van der Waals surface area contributed by atoms with E-state index in [2.05, 4.69) is 0 Å². The predicted molar refractivity (Wildman–Crippen MR) is 72.9 cm³/mol. The third-order valence-corrected chi connectivity index (χ3v) is 5.22. The largest absolute Gasteiger partial charge is 0.480 e. The van der Waals surface area contributed by atoms with Crippen LogP contribution in [0.4, 0.5) is 0 Å². The second-order valence-electron chi connectivity index (χ2n) is 5.50. The summed E-state index contributed by atoms with van der Waals surface area (Å²) in [5.41, 5.74) is 5.64. The molecule has 1 heterocycles. The van der Waals surface area contributed by atoms with Crippen LogP contribution in [0.25, 0.3) is 0 Å². The number of ether oxygens (including phenoxy) is 1. The highest BCUT2D eigenvalue weighted by molar-refractivity contribution is 7.99. The van der Waals surface area contributed by atoms with Crippen molar-refractivity contribution in [2.45, 2.75) is 62.7 Å². The maximum atomic E-state index is 10.6. The summed E-state index contributed by atoms with van der Waals surface area (Å²) in [5, 5.41) is 8.70. The van der Waals surface area contributed by atoms with E-state index in [1.54, 1.807) is 11.8 Å². The maximum Gasteiger partial charge on any atom is 0.321 e. The molecule has 1 saturated heterocycles. The first kappa shape index (κ1) is 14.2. The van der Waals surface area contributed by atoms with Crippen LogP contribution in [0.2, 0.25) is 0 Å². The van der Waals surface area contributed by atoms with Gasteiger partial charge in [-0.3, -0.25) is 4.79 Å². The molecule has 2 rings (SSSR count). The average Bonchev–Trinajstić information content (AvgIpc) is 2.73. The van der Waals surface area contributed by atoms with Gasteiger partial charge in [-0.1, -0.05) is 19.3 Å². The first-order valence-electron chi connectivity index (χ1n) is 6.85. The third-order valence-electron chi connectivity index (χ3n) is 4.02. The van der Waals surface area contributed by atoms with Gasteiger partial charge in [0.05, 0.1) is 11.7 Å². The van der Waals surface area contributed by atoms with Crippen LogP contribution in [0.3, 0.4) is 0 Å². The number of thioether (sulfide) groups is 1. The van der Waals surface area contributed by atoms with Crippen molar-refractivity contribution in [1.29, 1.82) is 0 Å². The molecule has 18 heavy (non-hydrogen) atoms. The van der Waals surface area contributed by atoms with Crippen LogP contribution in [-0.2, 0) is 9.53 Å². The smallest absolute Gasteiger partial charge is 0.321 e. The van der Waals surface area contributed by atoms with E-state index in [0.717, 1.165) is 12.2 Å². The second-order valence-corrected chi connectivity index (χ2v) is 6.58. The van der Waals surface area contributed by atoms with Crippen molar-refractivity contribution < 1.29 is 14.6 Å². The van der Waals surface area contributed by atoms with Gasteiger partial charge in [-0.25, -0.2) is 0 Å². The molecule has 3 N–H and O–H groups in total. The van der Waals surface area contributed by atoms with Gasteiger partial charge in [0.2, 0.25) is 0 Å². The van der Waals surface area contributed by atoms with E-state index in [-0.39, 0.29) is 5.60 Å². The lowest BCUT2D eigenvalue weighted by atomic mass is 9.83. The highest BCUT2D eigenvalue weighted by atomic mass is 32.2. The molecule has 2 atom stereocenters. The van der Waals surface area contributed by atoms with Gasteiger partial charge in [0, 0.05) is 11.5 Å². The van der Waals surface area contributed by atoms with Crippen molar-refractivity contribution >= 4 is 17.7 Å². The zero-order valence-electron chi connectivity index (χ0n) is 10.8. The topological polar surface area (TPSA) is 72.5 Å². The van der Waals surface area contributed by atoms with Crippen LogP contribution in [0.5, 0.6) is 0 Å². The van der Waals surface area contributed by atoms with Gasteiger partial charge >= 0.3 is 5.97 Å². The fourth-order valence-corrected chi connectivity index (χ4v) is 4.00. The third kappa shape index (κ3) is 3.62. The Morgan fingerprint density at radius 2 is 2.11 bits per heavy atom. The Morgan fingerprint density at radius 1 is 1.39 bits per heavy atom. The van der Waals surface area contributed by atoms with E-state index < -0.39 is 12.0 Å². The SMILES string of the molecule is NC(CSCC1CCC2(CCCCC2)O1)C(=O)O. The van der Waals surface area contributed by atoms with Gasteiger partial charge in [0.1, 0.15) is 6.04 Å². The Bertz CT molecular complexity index is 292. The summed E-state index contributed by atoms with van der Waals surface area (Å²) < 4.78 is 6.22. The van der Waals surface area contributed by atoms with Gasteiger partial charge in [-0.05, 0) is 25.7 Å². The zero-order chi connectivity index (χ0) is 13.0. The molecule has 0 radical (unpaired) electrons. The zero-order valence-corrected chi connectivity index (χ0v) is 11.6. The van der Waals surface area contributed by atoms with Gasteiger partial charge in [0.15, 0.2) is 0 Å². The molecule has 4 nitrogen and oxygen atoms in total. The molecule has 0 amide bonds. The lowest BCUT2D eigenvalue weighted by Crippen LogP contribution is -2.34. The molecule has 2 fully saturated rings. The fraction of sp³-hybridized carbons (Fsp3) is 0.923. The first-order valence-corrected chi connectivity index (χ1v) is 8.01. The van der Waals surface area contributed by atoms with Crippen LogP contribution < -0.4 is 5.73 Å². The summed E-state index contributed by atoms with van der Waals surface area (Å²) in [4.78, 5) is 10.6. The minimum Gasteiger partial charge on any atom is -0.480 e. The van der Waals surface area contributed by atoms with E-state index in [0.29, 0.717) is 11.9 Å². The molecule has 0 aromatic heterocycles. The van der Waals surface area contributed by atoms with Crippen LogP contribution in [0, 0.1) is 0 Å². The van der Waals surface area contributed by atoms with Gasteiger partial charge in [0.25, 0.3) is 0 Å². The van der Waals surface area contributed by atoms with E-state index >= 15 is 0 Å². The van der Waals surface area contributed by atoms with Crippen molar-refractivity contribution in [3.63, 3.8) is 0 Å². The number of nitrogens with two attached hydrogens (primary N) is 1. The molecule has 5 heteroatoms. The number of rotatable bonds is 5. The number of carbonyl (C=O) groups is 1. The average molecular weight is 273 g/mol. The minimum atomic E-state index is -0.918. The fourth-order valence-electron chi connectivity index (χ4n) is 2.97. The molecule has 1 aliphatic heterocycles. The molecule has 1 aliphatic carbocycles. The number of hydrogen-bond acceptors (Lipinski definition) is 4. The van der Waals surface area contributed by atoms with E-state index in [4.69, 9.17) is 15.6 Å². The standard InChI is InChI=1S/C13H23NO3S/c14-11(12(15)16)9-18-8-10-4-7-13(17-10)5-2-1-3-6-13/h10-11H,1-9,14H2,(H,15,16). The summed E-state index contributed by atoms with van der Waals surface area (Å²) in [6.07, 6.45) is 8.96. The van der Waals surface area contributed by atoms with Crippen molar-refractivity contribution in [3.05, 3.63) is 0 Å². The van der Waals surface area contributed by atoms with Crippen molar-refractivity contribution in [2.24, 2.45) is 5.73 Å². The quantitative estimate of drug-likeness (QED) is 0.801. The van der Waals surface area contributed by atoms with Gasteiger partial charge in [-0.2, -0.15) is 11.8 Å². The van der Waals surface area contributed by atoms with Crippen molar-refractivity contribution in [3.8, 4) is 0 Å². The Hall–Kier alpha value is -0.260. The number of aliphatic carboxylic acids is 1. The van der Waals surface area contributed by atoms with Crippen LogP contribution >= 0.6 is 11.8 Å². The second kappa shape index (κ2) is 6.26. The summed E-state index contributed by atoms with van der Waals surface area (Å²) in [7, 11) is 0. The molecule has 1 spiro atoms. The molecule has 2 unspecified atom stereocenters. The van der Waals surface area contributed by atoms with E-state index in [1.807, 2.05) is 0 Å². The predicted octanol–water partition coefficient (Wildman–Crippen LogP) is 2.01. The monoisotopic (exact) mass is 273 g/mol. The van der Waals surface area contributed by atoms with E-state index in [9.17, 15) is 4.79 Å². The molecule has 0 aromatic carbocycles. The molecule has 0 bridgehead atoms. The minimum absolute atomic E-state index is 0.165. The Labute approximate surface area is 113 Å². The van der Waals surface area contributed by atoms with E-state index in [1.165, 1.54) is 38.5 Å². The summed E-state index contributed by atoms with van der Waals surface area (Å²) >= 11 is 1.60. The lowest BCUT2D eigenvalue weighted by Gasteiger charge is -2.33. The summed E-state index contributed by atoms with van der Waals surface area (Å²) in [6, 6.07) is -0.750. The first-order chi connectivity index (χ1) is 8.61. The lowest BCUT2D eigenvalue weighted by molar-refractivity contribution is -0.137. The highest BCUT2D eigenvalue weighted by Crippen LogP contribution is 2.42. The molecule has 0 aromatic rings. The normalized spacial score (nSPS) is 28.4. The molecule has 104 valence electrons. The number of carboxylic acid groups (broad SMARTS) is 1. The van der Waals surface area contributed by atoms with Crippen molar-refractivity contribution in [1.82, 2.24) is 0 Å². The highest BCUT2D eigenvalue weighted by Gasteiger charge is 2.40. The van der Waals surface area contributed by atoms with Gasteiger partial charge < -0.3 is 15.6 Å². The summed E-state index contributed by atoms with van der Waals surface area (Å²) in [5.74, 6) is 0.434. The molecular weight excluding hydrogens is 250 g/mol. The van der Waals surface area contributed by atoms with Crippen LogP contribution in [0.1, 0.15) is 44.9 Å². The Kier molecular flexibility index (Phi) is 4.92. The van der Waals surface area contributed by atoms with Crippen LogP contribution in [0.15, 0.2) is 0 Å². The molecular formula is C13H23NO3S. The Balaban J connectivity index is 1.68. The Morgan fingerprint density at radius 3 is 2.78 bits per heavy atom. The maximum absolute atomic E-state index is 10.6. The number of carboxylic acids is 1. The molecule has 2 aliphatic rings. The molecule has 1 saturated carbocycles. The summed E-state index contributed by atoms with van der Waals surface area (Å²) in [6.45, 7) is 0. The van der Waals surface area contributed by atoms with Crippen LogP contribution in [-0.4, -0.2) is 40.3 Å². The number of hydrogen-bond donors (Lipinski definition) is 2. The van der Waals surface area contributed by atoms with Crippen molar-refractivity contribution in [2.75, 3.05) is 11.5 Å². The van der Waals surface area contributed by atoms with Gasteiger partial charge in [-0.15, -0.1) is 0 Å².